The fourth-order valence-electron chi connectivity index (χ4n) is 4.62. The van der Waals surface area contributed by atoms with Gasteiger partial charge in [0.25, 0.3) is 0 Å². The Hall–Kier alpha value is -2.06. The van der Waals surface area contributed by atoms with Crippen molar-refractivity contribution >= 4 is 37.7 Å². The summed E-state index contributed by atoms with van der Waals surface area (Å²) < 4.78 is 3.71. The first-order valence-corrected chi connectivity index (χ1v) is 12.3. The van der Waals surface area contributed by atoms with Crippen LogP contribution in [0, 0.1) is 0 Å². The van der Waals surface area contributed by atoms with Gasteiger partial charge in [-0.05, 0) is 30.2 Å². The molecule has 1 nitrogen and oxygen atoms in total. The van der Waals surface area contributed by atoms with Gasteiger partial charge in [-0.15, -0.1) is 0 Å². The van der Waals surface area contributed by atoms with Crippen molar-refractivity contribution in [3.05, 3.63) is 71.2 Å². The Morgan fingerprint density at radius 2 is 1.43 bits per heavy atom. The van der Waals surface area contributed by atoms with Crippen LogP contribution in [0.25, 0.3) is 32.9 Å². The van der Waals surface area contributed by atoms with Gasteiger partial charge in [-0.25, -0.2) is 0 Å². The molecule has 0 spiro atoms. The number of nitrogens with zero attached hydrogens (tertiary/aromatic N) is 1. The molecule has 0 amide bonds. The quantitative estimate of drug-likeness (QED) is 0.207. The van der Waals surface area contributed by atoms with Crippen molar-refractivity contribution in [2.24, 2.45) is 0 Å². The molecule has 0 fully saturated rings. The Balaban J connectivity index is 1.63. The van der Waals surface area contributed by atoms with Crippen molar-refractivity contribution in [1.29, 1.82) is 0 Å². The second kappa shape index (κ2) is 10.3. The smallest absolute Gasteiger partial charge is 0.0571 e. The van der Waals surface area contributed by atoms with Gasteiger partial charge in [-0.1, -0.05) is 116 Å². The highest BCUT2D eigenvalue weighted by Crippen LogP contribution is 2.37. The monoisotopic (exact) mass is 461 g/mol. The molecule has 3 aromatic carbocycles. The third-order valence-electron chi connectivity index (χ3n) is 6.17. The van der Waals surface area contributed by atoms with E-state index in [0.717, 1.165) is 11.0 Å². The van der Waals surface area contributed by atoms with E-state index in [-0.39, 0.29) is 0 Å². The first-order valence-electron chi connectivity index (χ1n) is 11.6. The van der Waals surface area contributed by atoms with Gasteiger partial charge in [-0.2, -0.15) is 0 Å². The summed E-state index contributed by atoms with van der Waals surface area (Å²) in [6.45, 7) is 3.37. The zero-order valence-corrected chi connectivity index (χ0v) is 19.6. The number of rotatable bonds is 10. The first-order chi connectivity index (χ1) is 14.8. The molecule has 0 atom stereocenters. The number of benzene rings is 3. The summed E-state index contributed by atoms with van der Waals surface area (Å²) in [6, 6.07) is 24.3. The van der Waals surface area contributed by atoms with Crippen molar-refractivity contribution < 1.29 is 0 Å². The number of para-hydroxylation sites is 1. The summed E-state index contributed by atoms with van der Waals surface area (Å²) in [6.07, 6.45) is 10.8. The predicted molar refractivity (Wildman–Crippen MR) is 135 cm³/mol. The summed E-state index contributed by atoms with van der Waals surface area (Å²) >= 11 is 3.68. The largest absolute Gasteiger partial charge is 0.340 e. The van der Waals surface area contributed by atoms with Crippen LogP contribution >= 0.6 is 15.9 Å². The molecule has 0 saturated heterocycles. The molecular formula is C28H32BrN. The average Bonchev–Trinajstić information content (AvgIpc) is 3.09. The van der Waals surface area contributed by atoms with Gasteiger partial charge >= 0.3 is 0 Å². The lowest BCUT2D eigenvalue weighted by molar-refractivity contribution is 0.553. The van der Waals surface area contributed by atoms with Crippen LogP contribution in [0.5, 0.6) is 0 Å². The maximum absolute atomic E-state index is 3.68. The van der Waals surface area contributed by atoms with E-state index in [1.807, 2.05) is 0 Å². The van der Waals surface area contributed by atoms with Crippen LogP contribution in [0.3, 0.4) is 0 Å². The van der Waals surface area contributed by atoms with Crippen LogP contribution in [0.15, 0.2) is 71.2 Å². The highest BCUT2D eigenvalue weighted by atomic mass is 79.9. The lowest BCUT2D eigenvalue weighted by Crippen LogP contribution is -1.99. The van der Waals surface area contributed by atoms with E-state index in [1.165, 1.54) is 84.3 Å². The van der Waals surface area contributed by atoms with E-state index < -0.39 is 0 Å². The van der Waals surface area contributed by atoms with Gasteiger partial charge < -0.3 is 4.57 Å². The zero-order chi connectivity index (χ0) is 20.8. The van der Waals surface area contributed by atoms with Gasteiger partial charge in [0.1, 0.15) is 0 Å². The first kappa shape index (κ1) is 21.2. The van der Waals surface area contributed by atoms with Crippen LogP contribution in [0.4, 0.5) is 0 Å². The average molecular weight is 462 g/mol. The molecule has 1 aromatic heterocycles. The van der Waals surface area contributed by atoms with E-state index in [1.54, 1.807) is 0 Å². The van der Waals surface area contributed by atoms with Gasteiger partial charge in [0.2, 0.25) is 0 Å². The maximum Gasteiger partial charge on any atom is 0.0571 e. The van der Waals surface area contributed by atoms with Gasteiger partial charge in [0.05, 0.1) is 5.52 Å². The third-order valence-corrected chi connectivity index (χ3v) is 6.66. The minimum atomic E-state index is 1.08. The minimum absolute atomic E-state index is 1.08. The number of hydrogen-bond donors (Lipinski definition) is 0. The number of fused-ring (bicyclic) bond motifs is 3. The van der Waals surface area contributed by atoms with Gasteiger partial charge in [-0.3, -0.25) is 0 Å². The lowest BCUT2D eigenvalue weighted by Gasteiger charge is -2.11. The number of aryl methyl sites for hydroxylation is 1. The van der Waals surface area contributed by atoms with Crippen LogP contribution in [0.2, 0.25) is 0 Å². The van der Waals surface area contributed by atoms with Crippen LogP contribution in [0.1, 0.15) is 58.3 Å². The SMILES string of the molecule is CCCCCCCCCCn1c2ccc(Br)cc2c2cccc(-c3ccccc3)c21. The van der Waals surface area contributed by atoms with E-state index in [4.69, 9.17) is 0 Å². The highest BCUT2D eigenvalue weighted by molar-refractivity contribution is 9.10. The van der Waals surface area contributed by atoms with E-state index in [2.05, 4.69) is 94.2 Å². The fraction of sp³-hybridized carbons (Fsp3) is 0.357. The maximum atomic E-state index is 3.68. The molecule has 4 aromatic rings. The van der Waals surface area contributed by atoms with Crippen LogP contribution < -0.4 is 0 Å². The van der Waals surface area contributed by atoms with Crippen LogP contribution in [-0.4, -0.2) is 4.57 Å². The van der Waals surface area contributed by atoms with Crippen molar-refractivity contribution in [3.8, 4) is 11.1 Å². The molecule has 0 N–H and O–H groups in total. The highest BCUT2D eigenvalue weighted by Gasteiger charge is 2.15. The summed E-state index contributed by atoms with van der Waals surface area (Å²) in [5.41, 5.74) is 5.35. The van der Waals surface area contributed by atoms with Gasteiger partial charge in [0.15, 0.2) is 0 Å². The lowest BCUT2D eigenvalue weighted by atomic mass is 10.0. The van der Waals surface area contributed by atoms with Crippen molar-refractivity contribution in [2.45, 2.75) is 64.8 Å². The summed E-state index contributed by atoms with van der Waals surface area (Å²) in [4.78, 5) is 0. The molecular weight excluding hydrogens is 430 g/mol. The van der Waals surface area contributed by atoms with Crippen molar-refractivity contribution in [1.82, 2.24) is 4.57 Å². The molecule has 0 aliphatic carbocycles. The number of hydrogen-bond acceptors (Lipinski definition) is 0. The Morgan fingerprint density at radius 3 is 2.20 bits per heavy atom. The molecule has 0 saturated carbocycles. The fourth-order valence-corrected chi connectivity index (χ4v) is 4.98. The Labute approximate surface area is 189 Å². The standard InChI is InChI=1S/C28H32BrN/c1-2-3-4-5-6-7-8-12-20-30-27-19-18-23(29)21-26(27)25-17-13-16-24(28(25)30)22-14-10-9-11-15-22/h9-11,13-19,21H,2-8,12,20H2,1H3. The Bertz CT molecular complexity index is 1090. The summed E-state index contributed by atoms with van der Waals surface area (Å²) in [7, 11) is 0. The number of aromatic nitrogens is 1. The van der Waals surface area contributed by atoms with E-state index in [9.17, 15) is 0 Å². The normalized spacial score (nSPS) is 11.5. The molecule has 0 aliphatic rings. The molecule has 2 heteroatoms. The second-order valence-corrected chi connectivity index (χ2v) is 9.27. The molecule has 30 heavy (non-hydrogen) atoms. The van der Waals surface area contributed by atoms with Crippen LogP contribution in [-0.2, 0) is 6.54 Å². The number of unbranched alkanes of at least 4 members (excludes halogenated alkanes) is 7. The van der Waals surface area contributed by atoms with Crippen molar-refractivity contribution in [2.75, 3.05) is 0 Å². The van der Waals surface area contributed by atoms with Gasteiger partial charge in [0, 0.05) is 32.9 Å². The van der Waals surface area contributed by atoms with Crippen molar-refractivity contribution in [3.63, 3.8) is 0 Å². The second-order valence-electron chi connectivity index (χ2n) is 8.36. The molecule has 156 valence electrons. The number of halogens is 1. The zero-order valence-electron chi connectivity index (χ0n) is 18.0. The summed E-state index contributed by atoms with van der Waals surface area (Å²) in [5.74, 6) is 0. The van der Waals surface area contributed by atoms with E-state index >= 15 is 0 Å². The molecule has 1 heterocycles. The molecule has 0 unspecified atom stereocenters. The Kier molecular flexibility index (Phi) is 7.28. The third kappa shape index (κ3) is 4.64. The molecule has 0 bridgehead atoms. The predicted octanol–water partition coefficient (Wildman–Crippen LogP) is 9.36. The van der Waals surface area contributed by atoms with E-state index in [0.29, 0.717) is 0 Å². The molecule has 4 rings (SSSR count). The molecule has 0 aliphatic heterocycles. The topological polar surface area (TPSA) is 4.93 Å². The minimum Gasteiger partial charge on any atom is -0.340 e. The summed E-state index contributed by atoms with van der Waals surface area (Å²) in [5, 5.41) is 2.70. The Morgan fingerprint density at radius 1 is 0.700 bits per heavy atom. The molecule has 0 radical (unpaired) electrons.